The predicted octanol–water partition coefficient (Wildman–Crippen LogP) is 4.06. The Morgan fingerprint density at radius 2 is 1.70 bits per heavy atom. The topological polar surface area (TPSA) is 150 Å². The maximum absolute atomic E-state index is 14.1. The second-order valence-electron chi connectivity index (χ2n) is 9.67. The number of benzene rings is 2. The number of nitrogens with one attached hydrogen (secondary N) is 1. The Labute approximate surface area is 237 Å². The van der Waals surface area contributed by atoms with Crippen LogP contribution in [0.15, 0.2) is 48.5 Å². The van der Waals surface area contributed by atoms with Gasteiger partial charge < -0.3 is 31.2 Å². The van der Waals surface area contributed by atoms with Crippen LogP contribution in [0, 0.1) is 0 Å². The molecule has 3 aromatic rings. The molecule has 0 spiro atoms. The number of methoxy groups -OCH3 is 1. The van der Waals surface area contributed by atoms with E-state index in [1.807, 2.05) is 19.1 Å². The molecule has 5 N–H and O–H groups in total. The van der Waals surface area contributed by atoms with Gasteiger partial charge in [0.15, 0.2) is 5.69 Å². The quantitative estimate of drug-likeness (QED) is 0.317. The Hall–Kier alpha value is -4.12. The van der Waals surface area contributed by atoms with E-state index in [0.29, 0.717) is 23.7 Å². The number of rotatable bonds is 11. The minimum absolute atomic E-state index is 0.0272. The average molecular weight is 566 g/mol. The SMILES string of the molecule is CCOc1ccc(C(C(=O)NC2CCCCC2)N(Cc2ccc(OC)cc2)C(=O)c2snc(C(N)=O)c2N)cc1. The molecule has 1 aliphatic rings. The lowest BCUT2D eigenvalue weighted by molar-refractivity contribution is -0.127. The van der Waals surface area contributed by atoms with Gasteiger partial charge in [0.05, 0.1) is 19.4 Å². The molecular weight excluding hydrogens is 530 g/mol. The van der Waals surface area contributed by atoms with Crippen LogP contribution < -0.4 is 26.3 Å². The van der Waals surface area contributed by atoms with Gasteiger partial charge in [-0.3, -0.25) is 14.4 Å². The van der Waals surface area contributed by atoms with Gasteiger partial charge in [-0.25, -0.2) is 0 Å². The number of carbonyl (C=O) groups is 3. The number of anilines is 1. The molecule has 11 heteroatoms. The summed E-state index contributed by atoms with van der Waals surface area (Å²) < 4.78 is 14.9. The van der Waals surface area contributed by atoms with Crippen molar-refractivity contribution in [3.63, 3.8) is 0 Å². The van der Waals surface area contributed by atoms with Crippen LogP contribution in [0.5, 0.6) is 11.5 Å². The first kappa shape index (κ1) is 28.9. The van der Waals surface area contributed by atoms with Crippen LogP contribution in [-0.4, -0.2) is 46.8 Å². The molecule has 1 atom stereocenters. The minimum Gasteiger partial charge on any atom is -0.497 e. The van der Waals surface area contributed by atoms with Gasteiger partial charge in [-0.15, -0.1) is 0 Å². The number of nitrogens with two attached hydrogens (primary N) is 2. The van der Waals surface area contributed by atoms with E-state index in [-0.39, 0.29) is 34.8 Å². The van der Waals surface area contributed by atoms with Crippen LogP contribution in [0.2, 0.25) is 0 Å². The number of hydrogen-bond acceptors (Lipinski definition) is 8. The zero-order valence-electron chi connectivity index (χ0n) is 22.7. The predicted molar refractivity (Wildman–Crippen MR) is 153 cm³/mol. The summed E-state index contributed by atoms with van der Waals surface area (Å²) in [5.74, 6) is -0.333. The Morgan fingerprint density at radius 3 is 2.27 bits per heavy atom. The van der Waals surface area contributed by atoms with Crippen LogP contribution >= 0.6 is 11.5 Å². The smallest absolute Gasteiger partial charge is 0.270 e. The van der Waals surface area contributed by atoms with E-state index < -0.39 is 17.9 Å². The van der Waals surface area contributed by atoms with Crippen molar-refractivity contribution in [1.82, 2.24) is 14.6 Å². The van der Waals surface area contributed by atoms with Crippen molar-refractivity contribution >= 4 is 34.9 Å². The molecule has 212 valence electrons. The maximum Gasteiger partial charge on any atom is 0.270 e. The van der Waals surface area contributed by atoms with E-state index in [1.54, 1.807) is 43.5 Å². The van der Waals surface area contributed by atoms with Gasteiger partial charge >= 0.3 is 0 Å². The molecule has 1 unspecified atom stereocenters. The van der Waals surface area contributed by atoms with Crippen molar-refractivity contribution in [1.29, 1.82) is 0 Å². The average Bonchev–Trinajstić information content (AvgIpc) is 3.35. The summed E-state index contributed by atoms with van der Waals surface area (Å²) in [5.41, 5.74) is 12.7. The highest BCUT2D eigenvalue weighted by atomic mass is 32.1. The highest BCUT2D eigenvalue weighted by molar-refractivity contribution is 7.09. The fourth-order valence-electron chi connectivity index (χ4n) is 4.88. The number of amides is 3. The Bertz CT molecular complexity index is 1320. The molecule has 1 heterocycles. The summed E-state index contributed by atoms with van der Waals surface area (Å²) >= 11 is 0.788. The van der Waals surface area contributed by atoms with Gasteiger partial charge in [0.1, 0.15) is 22.4 Å². The first-order valence-corrected chi connectivity index (χ1v) is 14.1. The monoisotopic (exact) mass is 565 g/mol. The summed E-state index contributed by atoms with van der Waals surface area (Å²) in [7, 11) is 1.57. The van der Waals surface area contributed by atoms with Gasteiger partial charge in [-0.1, -0.05) is 43.5 Å². The van der Waals surface area contributed by atoms with Crippen molar-refractivity contribution in [3.05, 3.63) is 70.2 Å². The molecular formula is C29H35N5O5S. The van der Waals surface area contributed by atoms with Gasteiger partial charge in [-0.05, 0) is 66.7 Å². The molecule has 40 heavy (non-hydrogen) atoms. The van der Waals surface area contributed by atoms with Crippen molar-refractivity contribution in [2.24, 2.45) is 5.73 Å². The van der Waals surface area contributed by atoms with Crippen molar-refractivity contribution in [2.75, 3.05) is 19.5 Å². The van der Waals surface area contributed by atoms with Crippen LogP contribution in [0.25, 0.3) is 0 Å². The number of primary amides is 1. The maximum atomic E-state index is 14.1. The second-order valence-corrected chi connectivity index (χ2v) is 10.4. The van der Waals surface area contributed by atoms with Crippen LogP contribution in [-0.2, 0) is 11.3 Å². The van der Waals surface area contributed by atoms with Crippen molar-refractivity contribution < 1.29 is 23.9 Å². The normalized spacial score (nSPS) is 14.2. The number of aromatic nitrogens is 1. The number of hydrogen-bond donors (Lipinski definition) is 3. The second kappa shape index (κ2) is 13.3. The molecule has 4 rings (SSSR count). The van der Waals surface area contributed by atoms with Crippen molar-refractivity contribution in [3.8, 4) is 11.5 Å². The number of nitrogens with zero attached hydrogens (tertiary/aromatic N) is 2. The molecule has 1 fully saturated rings. The van der Waals surface area contributed by atoms with Crippen LogP contribution in [0.4, 0.5) is 5.69 Å². The number of nitrogen functional groups attached to an aromatic ring is 1. The van der Waals surface area contributed by atoms with Crippen LogP contribution in [0.1, 0.15) is 76.4 Å². The van der Waals surface area contributed by atoms with Gasteiger partial charge in [-0.2, -0.15) is 4.37 Å². The standard InChI is InChI=1S/C29H35N5O5S/c1-3-39-22-15-11-19(12-16-22)25(28(36)32-20-7-5-4-6-8-20)34(17-18-9-13-21(38-2)14-10-18)29(37)26-23(30)24(27(31)35)33-40-26/h9-16,20,25H,3-8,17,30H2,1-2H3,(H2,31,35)(H,32,36). The molecule has 0 radical (unpaired) electrons. The lowest BCUT2D eigenvalue weighted by Gasteiger charge is -2.33. The fourth-order valence-corrected chi connectivity index (χ4v) is 5.64. The Balaban J connectivity index is 1.78. The van der Waals surface area contributed by atoms with Gasteiger partial charge in [0, 0.05) is 12.6 Å². The minimum atomic E-state index is -0.995. The molecule has 0 saturated heterocycles. The molecule has 1 aromatic heterocycles. The summed E-state index contributed by atoms with van der Waals surface area (Å²) in [6.07, 6.45) is 5.00. The highest BCUT2D eigenvalue weighted by Crippen LogP contribution is 2.32. The third-order valence-corrected chi connectivity index (χ3v) is 7.80. The van der Waals surface area contributed by atoms with E-state index in [0.717, 1.165) is 49.2 Å². The molecule has 1 saturated carbocycles. The first-order chi connectivity index (χ1) is 19.3. The molecule has 0 bridgehead atoms. The summed E-state index contributed by atoms with van der Waals surface area (Å²) in [6, 6.07) is 13.4. The summed E-state index contributed by atoms with van der Waals surface area (Å²) in [4.78, 5) is 41.5. The molecule has 1 aliphatic carbocycles. The largest absolute Gasteiger partial charge is 0.497 e. The van der Waals surface area contributed by atoms with E-state index in [1.165, 1.54) is 4.90 Å². The van der Waals surface area contributed by atoms with E-state index in [4.69, 9.17) is 20.9 Å². The molecule has 0 aliphatic heterocycles. The van der Waals surface area contributed by atoms with Gasteiger partial charge in [0.2, 0.25) is 5.91 Å². The van der Waals surface area contributed by atoms with E-state index in [9.17, 15) is 14.4 Å². The number of ether oxygens (including phenoxy) is 2. The molecule has 10 nitrogen and oxygen atoms in total. The third-order valence-electron chi connectivity index (χ3n) is 6.95. The highest BCUT2D eigenvalue weighted by Gasteiger charge is 2.36. The molecule has 3 amide bonds. The van der Waals surface area contributed by atoms with Crippen LogP contribution in [0.3, 0.4) is 0 Å². The van der Waals surface area contributed by atoms with E-state index >= 15 is 0 Å². The third kappa shape index (κ3) is 6.71. The zero-order valence-corrected chi connectivity index (χ0v) is 23.5. The number of carbonyl (C=O) groups excluding carboxylic acids is 3. The lowest BCUT2D eigenvalue weighted by Crippen LogP contribution is -2.46. The van der Waals surface area contributed by atoms with Crippen molar-refractivity contribution in [2.45, 2.75) is 57.7 Å². The Morgan fingerprint density at radius 1 is 1.05 bits per heavy atom. The Kier molecular flexibility index (Phi) is 9.60. The van der Waals surface area contributed by atoms with E-state index in [2.05, 4.69) is 9.69 Å². The molecule has 2 aromatic carbocycles. The van der Waals surface area contributed by atoms with Gasteiger partial charge in [0.25, 0.3) is 11.8 Å². The summed E-state index contributed by atoms with van der Waals surface area (Å²) in [5, 5.41) is 3.18. The summed E-state index contributed by atoms with van der Waals surface area (Å²) in [6.45, 7) is 2.48. The first-order valence-electron chi connectivity index (χ1n) is 13.3. The lowest BCUT2D eigenvalue weighted by atomic mass is 9.94. The fraction of sp³-hybridized carbons (Fsp3) is 0.379. The zero-order chi connectivity index (χ0) is 28.6.